The van der Waals surface area contributed by atoms with E-state index in [1.54, 1.807) is 12.1 Å². The number of nitrogens with zero attached hydrogens (tertiary/aromatic N) is 4. The summed E-state index contributed by atoms with van der Waals surface area (Å²) < 4.78 is 30.1. The Bertz CT molecular complexity index is 792. The Morgan fingerprint density at radius 1 is 1.14 bits per heavy atom. The molecule has 1 atom stereocenters. The van der Waals surface area contributed by atoms with Crippen molar-refractivity contribution in [1.29, 1.82) is 0 Å². The Hall–Kier alpha value is -2.36. The van der Waals surface area contributed by atoms with E-state index in [0.29, 0.717) is 16.5 Å². The molecule has 0 spiro atoms. The minimum Gasteiger partial charge on any atom is -0.435 e. The Kier molecular flexibility index (Phi) is 6.71. The molecular weight excluding hydrogens is 388 g/mol. The van der Waals surface area contributed by atoms with Crippen LogP contribution in [-0.4, -0.2) is 50.6 Å². The van der Waals surface area contributed by atoms with Gasteiger partial charge in [-0.25, -0.2) is 4.68 Å². The summed E-state index contributed by atoms with van der Waals surface area (Å²) in [5, 5.41) is 8.23. The van der Waals surface area contributed by atoms with Crippen molar-refractivity contribution >= 4 is 17.7 Å². The van der Waals surface area contributed by atoms with Crippen molar-refractivity contribution in [2.24, 2.45) is 0 Å². The van der Waals surface area contributed by atoms with Crippen molar-refractivity contribution in [3.63, 3.8) is 0 Å². The zero-order valence-electron chi connectivity index (χ0n) is 15.6. The molecule has 1 aromatic carbocycles. The average molecular weight is 411 g/mol. The fraction of sp³-hybridized carbons (Fsp3) is 0.500. The maximum absolute atomic E-state index is 12.7. The van der Waals surface area contributed by atoms with Crippen LogP contribution in [0.3, 0.4) is 0 Å². The molecule has 1 aliphatic rings. The van der Waals surface area contributed by atoms with Gasteiger partial charge in [0.1, 0.15) is 5.75 Å². The van der Waals surface area contributed by atoms with Crippen LogP contribution in [-0.2, 0) is 4.79 Å². The third kappa shape index (κ3) is 4.92. The number of ether oxygens (including phenoxy) is 1. The number of aromatic nitrogens is 3. The SMILES string of the molecule is CC(Sc1nnc(-c2ccc(OC(F)F)cc2)n1N)C(=O)N1CCCCCC1. The first-order valence-corrected chi connectivity index (χ1v) is 10.0. The number of benzene rings is 1. The Labute approximate surface area is 166 Å². The molecule has 10 heteroatoms. The Morgan fingerprint density at radius 3 is 2.39 bits per heavy atom. The second-order valence-corrected chi connectivity index (χ2v) is 7.89. The third-order valence-corrected chi connectivity index (χ3v) is 5.59. The predicted molar refractivity (Wildman–Crippen MR) is 103 cm³/mol. The van der Waals surface area contributed by atoms with Gasteiger partial charge in [-0.3, -0.25) is 4.79 Å². The summed E-state index contributed by atoms with van der Waals surface area (Å²) in [6, 6.07) is 5.97. The van der Waals surface area contributed by atoms with E-state index in [4.69, 9.17) is 5.84 Å². The van der Waals surface area contributed by atoms with Gasteiger partial charge in [0, 0.05) is 18.7 Å². The highest BCUT2D eigenvalue weighted by Crippen LogP contribution is 2.27. The number of halogens is 2. The highest BCUT2D eigenvalue weighted by atomic mass is 32.2. The standard InChI is InChI=1S/C18H23F2N5O2S/c1-12(16(26)24-10-4-2-3-5-11-24)28-18-23-22-15(25(18)21)13-6-8-14(9-7-13)27-17(19)20/h6-9,12,17H,2-5,10-11,21H2,1H3. The van der Waals surface area contributed by atoms with Gasteiger partial charge in [-0.1, -0.05) is 24.6 Å². The van der Waals surface area contributed by atoms with E-state index < -0.39 is 6.61 Å². The summed E-state index contributed by atoms with van der Waals surface area (Å²) in [6.45, 7) is 0.535. The van der Waals surface area contributed by atoms with Crippen molar-refractivity contribution < 1.29 is 18.3 Å². The van der Waals surface area contributed by atoms with Gasteiger partial charge in [-0.05, 0) is 44.0 Å². The first-order valence-electron chi connectivity index (χ1n) is 9.17. The molecule has 0 aliphatic carbocycles. The van der Waals surface area contributed by atoms with Crippen molar-refractivity contribution in [2.45, 2.75) is 49.6 Å². The lowest BCUT2D eigenvalue weighted by atomic mass is 10.2. The minimum atomic E-state index is -2.88. The number of carbonyl (C=O) groups is 1. The van der Waals surface area contributed by atoms with Gasteiger partial charge in [0.25, 0.3) is 0 Å². The number of hydrogen-bond donors (Lipinski definition) is 1. The summed E-state index contributed by atoms with van der Waals surface area (Å²) in [7, 11) is 0. The van der Waals surface area contributed by atoms with Crippen LogP contribution in [0.4, 0.5) is 8.78 Å². The summed E-state index contributed by atoms with van der Waals surface area (Å²) in [4.78, 5) is 14.6. The van der Waals surface area contributed by atoms with E-state index in [9.17, 15) is 13.6 Å². The smallest absolute Gasteiger partial charge is 0.387 e. The molecule has 0 bridgehead atoms. The number of rotatable bonds is 6. The molecule has 3 rings (SSSR count). The molecule has 1 fully saturated rings. The van der Waals surface area contributed by atoms with Crippen LogP contribution in [0.25, 0.3) is 11.4 Å². The molecule has 2 heterocycles. The molecule has 1 unspecified atom stereocenters. The van der Waals surface area contributed by atoms with Gasteiger partial charge in [-0.2, -0.15) is 8.78 Å². The summed E-state index contributed by atoms with van der Waals surface area (Å²) in [6.07, 6.45) is 4.39. The molecule has 7 nitrogen and oxygen atoms in total. The Morgan fingerprint density at radius 2 is 1.79 bits per heavy atom. The topological polar surface area (TPSA) is 86.3 Å². The first-order chi connectivity index (χ1) is 13.5. The largest absolute Gasteiger partial charge is 0.435 e. The van der Waals surface area contributed by atoms with Gasteiger partial charge in [0.2, 0.25) is 11.1 Å². The monoisotopic (exact) mass is 411 g/mol. The fourth-order valence-corrected chi connectivity index (χ4v) is 3.95. The van der Waals surface area contributed by atoms with Crippen molar-refractivity contribution in [3.05, 3.63) is 24.3 Å². The van der Waals surface area contributed by atoms with Gasteiger partial charge in [0.05, 0.1) is 5.25 Å². The summed E-state index contributed by atoms with van der Waals surface area (Å²) in [5.41, 5.74) is 0.606. The number of hydrogen-bond acceptors (Lipinski definition) is 6. The molecule has 1 saturated heterocycles. The lowest BCUT2D eigenvalue weighted by Crippen LogP contribution is -2.37. The van der Waals surface area contributed by atoms with Gasteiger partial charge in [0.15, 0.2) is 5.82 Å². The van der Waals surface area contributed by atoms with Crippen molar-refractivity contribution in [3.8, 4) is 17.1 Å². The zero-order chi connectivity index (χ0) is 20.1. The molecule has 1 aliphatic heterocycles. The molecule has 0 saturated carbocycles. The molecule has 2 aromatic rings. The van der Waals surface area contributed by atoms with E-state index in [2.05, 4.69) is 14.9 Å². The van der Waals surface area contributed by atoms with E-state index in [0.717, 1.165) is 38.8 Å². The Balaban J connectivity index is 1.67. The van der Waals surface area contributed by atoms with Gasteiger partial charge in [-0.15, -0.1) is 10.2 Å². The molecule has 1 aromatic heterocycles. The molecular formula is C18H23F2N5O2S. The van der Waals surface area contributed by atoms with Crippen LogP contribution in [0.15, 0.2) is 29.4 Å². The zero-order valence-corrected chi connectivity index (χ0v) is 16.4. The fourth-order valence-electron chi connectivity index (χ4n) is 3.10. The average Bonchev–Trinajstić information content (AvgIpc) is 2.87. The number of nitrogen functional groups attached to an aromatic ring is 1. The minimum absolute atomic E-state index is 0.0492. The predicted octanol–water partition coefficient (Wildman–Crippen LogP) is 3.14. The van der Waals surface area contributed by atoms with Crippen LogP contribution >= 0.6 is 11.8 Å². The quantitative estimate of drug-likeness (QED) is 0.581. The van der Waals surface area contributed by atoms with Crippen LogP contribution in [0.2, 0.25) is 0 Å². The molecule has 2 N–H and O–H groups in total. The second-order valence-electron chi connectivity index (χ2n) is 6.58. The molecule has 152 valence electrons. The molecule has 1 amide bonds. The third-order valence-electron chi connectivity index (χ3n) is 4.55. The summed E-state index contributed by atoms with van der Waals surface area (Å²) in [5.74, 6) is 6.60. The summed E-state index contributed by atoms with van der Waals surface area (Å²) >= 11 is 1.26. The normalized spacial score (nSPS) is 16.1. The van der Waals surface area contributed by atoms with Crippen LogP contribution < -0.4 is 10.6 Å². The molecule has 0 radical (unpaired) electrons. The van der Waals surface area contributed by atoms with Crippen LogP contribution in [0.5, 0.6) is 5.75 Å². The van der Waals surface area contributed by atoms with Gasteiger partial charge < -0.3 is 15.5 Å². The number of alkyl halides is 2. The number of amides is 1. The highest BCUT2D eigenvalue weighted by Gasteiger charge is 2.25. The highest BCUT2D eigenvalue weighted by molar-refractivity contribution is 8.00. The van der Waals surface area contributed by atoms with Crippen LogP contribution in [0, 0.1) is 0 Å². The van der Waals surface area contributed by atoms with E-state index >= 15 is 0 Å². The lowest BCUT2D eigenvalue weighted by molar-refractivity contribution is -0.130. The van der Waals surface area contributed by atoms with Crippen molar-refractivity contribution in [2.75, 3.05) is 18.9 Å². The molecule has 28 heavy (non-hydrogen) atoms. The van der Waals surface area contributed by atoms with E-state index in [1.807, 2.05) is 11.8 Å². The number of thioether (sulfide) groups is 1. The van der Waals surface area contributed by atoms with E-state index in [1.165, 1.54) is 28.6 Å². The van der Waals surface area contributed by atoms with Gasteiger partial charge >= 0.3 is 6.61 Å². The van der Waals surface area contributed by atoms with Crippen molar-refractivity contribution in [1.82, 2.24) is 19.8 Å². The number of nitrogens with two attached hydrogens (primary N) is 1. The van der Waals surface area contributed by atoms with E-state index in [-0.39, 0.29) is 16.9 Å². The number of carbonyl (C=O) groups excluding carboxylic acids is 1. The lowest BCUT2D eigenvalue weighted by Gasteiger charge is -2.23. The maximum Gasteiger partial charge on any atom is 0.387 e. The second kappa shape index (κ2) is 9.22. The first kappa shape index (κ1) is 20.4. The maximum atomic E-state index is 12.7. The van der Waals surface area contributed by atoms with Crippen LogP contribution in [0.1, 0.15) is 32.6 Å². The number of likely N-dealkylation sites (tertiary alicyclic amines) is 1.